The molecule has 1 aromatic heterocycles. The Hall–Kier alpha value is -5.23. The van der Waals surface area contributed by atoms with Gasteiger partial charge in [0.25, 0.3) is 0 Å². The quantitative estimate of drug-likeness (QED) is 0.0764. The molecule has 43 heavy (non-hydrogen) atoms. The fourth-order valence-electron chi connectivity index (χ4n) is 4.41. The summed E-state index contributed by atoms with van der Waals surface area (Å²) in [6.07, 6.45) is 2.91. The van der Waals surface area contributed by atoms with Crippen molar-refractivity contribution >= 4 is 40.0 Å². The lowest BCUT2D eigenvalue weighted by Gasteiger charge is -2.16. The molecule has 222 valence electrons. The van der Waals surface area contributed by atoms with Crippen LogP contribution < -0.4 is 30.3 Å². The second kappa shape index (κ2) is 12.7. The Labute approximate surface area is 245 Å². The minimum absolute atomic E-state index is 0.100. The Morgan fingerprint density at radius 3 is 2.16 bits per heavy atom. The fraction of sp³-hybridized carbons (Fsp3) is 0.226. The number of rotatable bonds is 12. The summed E-state index contributed by atoms with van der Waals surface area (Å²) < 4.78 is 30.6. The van der Waals surface area contributed by atoms with Crippen LogP contribution in [0.1, 0.15) is 25.7 Å². The van der Waals surface area contributed by atoms with Gasteiger partial charge in [-0.3, -0.25) is 24.6 Å². The zero-order valence-electron chi connectivity index (χ0n) is 23.2. The average molecular weight is 589 g/mol. The number of aromatic nitrogens is 1. The van der Waals surface area contributed by atoms with Crippen LogP contribution in [-0.2, 0) is 14.4 Å². The maximum absolute atomic E-state index is 13.2. The van der Waals surface area contributed by atoms with Crippen molar-refractivity contribution in [2.24, 2.45) is 5.41 Å². The number of ether oxygens (including phenoxy) is 3. The number of pyridine rings is 1. The van der Waals surface area contributed by atoms with Gasteiger partial charge in [-0.2, -0.15) is 0 Å². The first kappa shape index (κ1) is 29.3. The van der Waals surface area contributed by atoms with Crippen LogP contribution in [0, 0.1) is 11.2 Å². The lowest BCUT2D eigenvalue weighted by Crippen LogP contribution is -2.35. The molecule has 11 nitrogen and oxygen atoms in total. The smallest absolute Gasteiger partial charge is 0.243 e. The molecule has 0 aliphatic heterocycles. The van der Waals surface area contributed by atoms with Gasteiger partial charge in [-0.25, -0.2) is 9.87 Å². The highest BCUT2D eigenvalue weighted by atomic mass is 19.1. The summed E-state index contributed by atoms with van der Waals surface area (Å²) in [4.78, 5) is 41.5. The molecule has 0 unspecified atom stereocenters. The zero-order chi connectivity index (χ0) is 30.4. The van der Waals surface area contributed by atoms with Crippen LogP contribution in [0.15, 0.2) is 72.9 Å². The molecule has 0 radical (unpaired) electrons. The molecule has 0 atom stereocenters. The van der Waals surface area contributed by atoms with Gasteiger partial charge in [0.05, 0.1) is 19.2 Å². The van der Waals surface area contributed by atoms with Gasteiger partial charge in [-0.05, 0) is 79.9 Å². The maximum atomic E-state index is 13.2. The van der Waals surface area contributed by atoms with E-state index >= 15 is 0 Å². The number of hydrogen-bond donors (Lipinski definition) is 4. The number of carbonyl (C=O) groups excluding carboxylic acids is 3. The van der Waals surface area contributed by atoms with Crippen molar-refractivity contribution in [3.05, 3.63) is 78.7 Å². The number of hydroxylamine groups is 1. The Morgan fingerprint density at radius 1 is 0.907 bits per heavy atom. The van der Waals surface area contributed by atoms with Crippen LogP contribution >= 0.6 is 0 Å². The molecular weight excluding hydrogens is 559 g/mol. The van der Waals surface area contributed by atoms with Crippen molar-refractivity contribution < 1.29 is 38.2 Å². The van der Waals surface area contributed by atoms with E-state index in [2.05, 4.69) is 15.6 Å². The molecule has 1 heterocycles. The van der Waals surface area contributed by atoms with Crippen LogP contribution in [0.5, 0.6) is 23.0 Å². The summed E-state index contributed by atoms with van der Waals surface area (Å²) in [5.74, 6) is 0.128. The van der Waals surface area contributed by atoms with Gasteiger partial charge >= 0.3 is 0 Å². The molecule has 0 saturated heterocycles. The summed E-state index contributed by atoms with van der Waals surface area (Å²) in [5.41, 5.74) is 1.93. The first-order valence-corrected chi connectivity index (χ1v) is 13.5. The highest BCUT2D eigenvalue weighted by Gasteiger charge is 2.56. The molecule has 12 heteroatoms. The molecule has 1 aliphatic carbocycles. The number of nitrogens with zero attached hydrogens (tertiary/aromatic N) is 1. The Morgan fingerprint density at radius 2 is 1.56 bits per heavy atom. The summed E-state index contributed by atoms with van der Waals surface area (Å²) in [6, 6.07) is 17.2. The molecule has 4 N–H and O–H groups in total. The number of halogens is 1. The van der Waals surface area contributed by atoms with E-state index in [0.29, 0.717) is 64.5 Å². The Kier molecular flexibility index (Phi) is 8.67. The number of amides is 3. The van der Waals surface area contributed by atoms with Crippen molar-refractivity contribution in [2.75, 3.05) is 24.4 Å². The maximum Gasteiger partial charge on any atom is 0.243 e. The Bertz CT molecular complexity index is 1640. The molecule has 3 aromatic carbocycles. The largest absolute Gasteiger partial charge is 0.493 e. The molecular formula is C31H29FN4O7. The molecule has 0 spiro atoms. The van der Waals surface area contributed by atoms with Gasteiger partial charge in [0.1, 0.15) is 22.7 Å². The average Bonchev–Trinajstić information content (AvgIpc) is 3.84. The highest BCUT2D eigenvalue weighted by Crippen LogP contribution is 2.47. The first-order valence-electron chi connectivity index (χ1n) is 13.5. The van der Waals surface area contributed by atoms with Gasteiger partial charge in [-0.1, -0.05) is 0 Å². The summed E-state index contributed by atoms with van der Waals surface area (Å²) in [6.45, 7) is 0.216. The number of carbonyl (C=O) groups is 3. The molecule has 1 saturated carbocycles. The van der Waals surface area contributed by atoms with E-state index in [9.17, 15) is 18.8 Å². The highest BCUT2D eigenvalue weighted by molar-refractivity contribution is 6.16. The van der Waals surface area contributed by atoms with Crippen molar-refractivity contribution in [1.82, 2.24) is 10.5 Å². The van der Waals surface area contributed by atoms with Gasteiger partial charge < -0.3 is 24.8 Å². The molecule has 1 fully saturated rings. The fourth-order valence-corrected chi connectivity index (χ4v) is 4.41. The van der Waals surface area contributed by atoms with Crippen LogP contribution in [0.25, 0.3) is 10.9 Å². The number of benzene rings is 3. The van der Waals surface area contributed by atoms with E-state index in [1.54, 1.807) is 54.1 Å². The number of nitrogens with one attached hydrogen (secondary N) is 3. The van der Waals surface area contributed by atoms with Crippen molar-refractivity contribution in [1.29, 1.82) is 0 Å². The summed E-state index contributed by atoms with van der Waals surface area (Å²) >= 11 is 0. The molecule has 1 aliphatic rings. The second-order valence-electron chi connectivity index (χ2n) is 9.94. The normalized spacial score (nSPS) is 13.1. The lowest BCUT2D eigenvalue weighted by molar-refractivity contribution is -0.131. The van der Waals surface area contributed by atoms with Gasteiger partial charge in [0.2, 0.25) is 17.7 Å². The van der Waals surface area contributed by atoms with E-state index in [0.717, 1.165) is 0 Å². The van der Waals surface area contributed by atoms with Crippen LogP contribution in [0.4, 0.5) is 15.8 Å². The van der Waals surface area contributed by atoms with E-state index < -0.39 is 29.0 Å². The predicted molar refractivity (Wildman–Crippen MR) is 155 cm³/mol. The minimum atomic E-state index is -1.18. The minimum Gasteiger partial charge on any atom is -0.493 e. The lowest BCUT2D eigenvalue weighted by atomic mass is 10.0. The second-order valence-corrected chi connectivity index (χ2v) is 9.94. The third-order valence-corrected chi connectivity index (χ3v) is 6.98. The monoisotopic (exact) mass is 588 g/mol. The zero-order valence-corrected chi connectivity index (χ0v) is 23.2. The van der Waals surface area contributed by atoms with Crippen LogP contribution in [-0.4, -0.2) is 41.6 Å². The first-order chi connectivity index (χ1) is 20.8. The predicted octanol–water partition coefficient (Wildman–Crippen LogP) is 5.20. The van der Waals surface area contributed by atoms with E-state index in [-0.39, 0.29) is 13.0 Å². The van der Waals surface area contributed by atoms with Crippen molar-refractivity contribution in [3.63, 3.8) is 0 Å². The summed E-state index contributed by atoms with van der Waals surface area (Å²) in [7, 11) is 1.51. The number of hydrogen-bond acceptors (Lipinski definition) is 8. The van der Waals surface area contributed by atoms with Crippen LogP contribution in [0.2, 0.25) is 0 Å². The molecule has 4 aromatic rings. The van der Waals surface area contributed by atoms with E-state index in [1.807, 2.05) is 0 Å². The Balaban J connectivity index is 1.24. The molecule has 5 rings (SSSR count). The topological polar surface area (TPSA) is 148 Å². The molecule has 3 amide bonds. The standard InChI is InChI=1S/C31H29FN4O7/c1-41-26-18-24-23(17-27(26)42-16-2-3-28(37)36-40)25(12-15-33-24)43-22-10-8-21(9-11-22)35-30(39)31(13-14-31)29(38)34-20-6-4-19(32)5-7-20/h4-12,15,17-18,40H,2-3,13-14,16H2,1H3,(H,34,38)(H,35,39)(H,36,37). The number of methoxy groups -OCH3 is 1. The van der Waals surface area contributed by atoms with E-state index in [4.69, 9.17) is 19.4 Å². The van der Waals surface area contributed by atoms with Gasteiger partial charge in [0, 0.05) is 35.4 Å². The number of anilines is 2. The van der Waals surface area contributed by atoms with Crippen LogP contribution in [0.3, 0.4) is 0 Å². The van der Waals surface area contributed by atoms with E-state index in [1.165, 1.54) is 31.4 Å². The molecule has 0 bridgehead atoms. The summed E-state index contributed by atoms with van der Waals surface area (Å²) in [5, 5.41) is 14.8. The number of fused-ring (bicyclic) bond motifs is 1. The van der Waals surface area contributed by atoms with Crippen molar-refractivity contribution in [3.8, 4) is 23.0 Å². The van der Waals surface area contributed by atoms with Crippen molar-refractivity contribution in [2.45, 2.75) is 25.7 Å². The van der Waals surface area contributed by atoms with Gasteiger partial charge in [-0.15, -0.1) is 0 Å². The SMILES string of the molecule is COc1cc2nccc(Oc3ccc(NC(=O)C4(C(=O)Nc5ccc(F)cc5)CC4)cc3)c2cc1OCCCC(=O)NO. The van der Waals surface area contributed by atoms with Gasteiger partial charge in [0.15, 0.2) is 11.5 Å². The third-order valence-electron chi connectivity index (χ3n) is 6.98. The third kappa shape index (κ3) is 6.81.